The number of hydrogen-bond acceptors (Lipinski definition) is 5. The molecule has 1 N–H and O–H groups in total. The lowest BCUT2D eigenvalue weighted by atomic mass is 10.2. The summed E-state index contributed by atoms with van der Waals surface area (Å²) in [6.07, 6.45) is 3.81. The Morgan fingerprint density at radius 3 is 2.96 bits per heavy atom. The van der Waals surface area contributed by atoms with Gasteiger partial charge in [-0.1, -0.05) is 0 Å². The number of nitrogens with zero attached hydrogens (tertiary/aromatic N) is 3. The molecule has 1 amide bonds. The molecule has 0 radical (unpaired) electrons. The Hall–Kier alpha value is -2.70. The van der Waals surface area contributed by atoms with Gasteiger partial charge >= 0.3 is 0 Å². The van der Waals surface area contributed by atoms with Crippen molar-refractivity contribution in [3.05, 3.63) is 52.1 Å². The van der Waals surface area contributed by atoms with E-state index < -0.39 is 0 Å². The van der Waals surface area contributed by atoms with Gasteiger partial charge in [-0.3, -0.25) is 9.59 Å². The van der Waals surface area contributed by atoms with E-state index in [2.05, 4.69) is 15.4 Å². The fourth-order valence-electron chi connectivity index (χ4n) is 2.32. The molecule has 2 aromatic rings. The second-order valence-electron chi connectivity index (χ2n) is 5.41. The molecule has 0 aromatic carbocycles. The van der Waals surface area contributed by atoms with Crippen LogP contribution < -0.4 is 15.6 Å². The van der Waals surface area contributed by atoms with E-state index in [0.29, 0.717) is 24.6 Å². The van der Waals surface area contributed by atoms with Gasteiger partial charge in [0.05, 0.1) is 19.3 Å². The van der Waals surface area contributed by atoms with Gasteiger partial charge in [-0.05, 0) is 31.0 Å². The number of pyridine rings is 1. The predicted octanol–water partition coefficient (Wildman–Crippen LogP) is 0.954. The minimum atomic E-state index is -0.290. The molecular weight excluding hydrogens is 296 g/mol. The van der Waals surface area contributed by atoms with Crippen molar-refractivity contribution in [2.24, 2.45) is 0 Å². The Morgan fingerprint density at radius 1 is 1.39 bits per heavy atom. The number of aromatic nitrogens is 3. The maximum atomic E-state index is 12.1. The van der Waals surface area contributed by atoms with Crippen LogP contribution in [0, 0.1) is 0 Å². The minimum absolute atomic E-state index is 0.164. The normalized spacial score (nSPS) is 13.6. The summed E-state index contributed by atoms with van der Waals surface area (Å²) in [6.45, 7) is 0.631. The van der Waals surface area contributed by atoms with Gasteiger partial charge in [-0.15, -0.1) is 0 Å². The Kier molecular flexibility index (Phi) is 4.36. The van der Waals surface area contributed by atoms with E-state index in [1.807, 2.05) is 0 Å². The topological polar surface area (TPSA) is 86.1 Å². The molecule has 2 heterocycles. The Bertz CT molecular complexity index is 768. The molecule has 0 atom stereocenters. The number of methoxy groups -OCH3 is 1. The van der Waals surface area contributed by atoms with Crippen molar-refractivity contribution in [1.82, 2.24) is 20.1 Å². The molecule has 7 nitrogen and oxygen atoms in total. The zero-order valence-corrected chi connectivity index (χ0v) is 12.9. The first-order valence-electron chi connectivity index (χ1n) is 7.54. The van der Waals surface area contributed by atoms with Crippen molar-refractivity contribution >= 4 is 5.91 Å². The SMILES string of the molecule is COc1ncccc1C(=O)NCCn1nc(C2CC2)ccc1=O. The smallest absolute Gasteiger partial charge is 0.266 e. The van der Waals surface area contributed by atoms with Crippen molar-refractivity contribution < 1.29 is 9.53 Å². The zero-order chi connectivity index (χ0) is 16.2. The molecule has 7 heteroatoms. The van der Waals surface area contributed by atoms with Gasteiger partial charge in [-0.25, -0.2) is 9.67 Å². The Balaban J connectivity index is 1.62. The van der Waals surface area contributed by atoms with E-state index in [-0.39, 0.29) is 17.3 Å². The van der Waals surface area contributed by atoms with E-state index in [4.69, 9.17) is 4.74 Å². The summed E-state index contributed by atoms with van der Waals surface area (Å²) < 4.78 is 6.46. The van der Waals surface area contributed by atoms with E-state index in [0.717, 1.165) is 18.5 Å². The highest BCUT2D eigenvalue weighted by Gasteiger charge is 2.25. The molecule has 0 bridgehead atoms. The third-order valence-electron chi connectivity index (χ3n) is 3.70. The summed E-state index contributed by atoms with van der Waals surface area (Å²) >= 11 is 0. The van der Waals surface area contributed by atoms with E-state index in [1.165, 1.54) is 17.9 Å². The number of carbonyl (C=O) groups is 1. The molecule has 120 valence electrons. The number of ether oxygens (including phenoxy) is 1. The van der Waals surface area contributed by atoms with Crippen LogP contribution in [0.15, 0.2) is 35.3 Å². The van der Waals surface area contributed by atoms with Crippen LogP contribution in [0.2, 0.25) is 0 Å². The Morgan fingerprint density at radius 2 is 2.22 bits per heavy atom. The monoisotopic (exact) mass is 314 g/mol. The molecular formula is C16H18N4O3. The fraction of sp³-hybridized carbons (Fsp3) is 0.375. The minimum Gasteiger partial charge on any atom is -0.480 e. The lowest BCUT2D eigenvalue weighted by Crippen LogP contribution is -2.32. The molecule has 1 saturated carbocycles. The van der Waals surface area contributed by atoms with E-state index >= 15 is 0 Å². The molecule has 0 aliphatic heterocycles. The van der Waals surface area contributed by atoms with Gasteiger partial charge in [0.1, 0.15) is 5.56 Å². The van der Waals surface area contributed by atoms with Crippen LogP contribution in [0.4, 0.5) is 0 Å². The van der Waals surface area contributed by atoms with Gasteiger partial charge in [-0.2, -0.15) is 5.10 Å². The lowest BCUT2D eigenvalue weighted by Gasteiger charge is -2.09. The average molecular weight is 314 g/mol. The second kappa shape index (κ2) is 6.60. The summed E-state index contributed by atoms with van der Waals surface area (Å²) in [6, 6.07) is 6.63. The van der Waals surface area contributed by atoms with Crippen molar-refractivity contribution in [2.75, 3.05) is 13.7 Å². The summed E-state index contributed by atoms with van der Waals surface area (Å²) in [5.41, 5.74) is 1.15. The van der Waals surface area contributed by atoms with Crippen LogP contribution >= 0.6 is 0 Å². The number of hydrogen-bond donors (Lipinski definition) is 1. The van der Waals surface area contributed by atoms with Gasteiger partial charge in [0, 0.05) is 24.7 Å². The molecule has 0 unspecified atom stereocenters. The highest BCUT2D eigenvalue weighted by Crippen LogP contribution is 2.38. The van der Waals surface area contributed by atoms with Gasteiger partial charge < -0.3 is 10.1 Å². The van der Waals surface area contributed by atoms with Crippen LogP contribution in [0.1, 0.15) is 34.8 Å². The maximum absolute atomic E-state index is 12.1. The fourth-order valence-corrected chi connectivity index (χ4v) is 2.32. The van der Waals surface area contributed by atoms with Crippen molar-refractivity contribution in [1.29, 1.82) is 0 Å². The van der Waals surface area contributed by atoms with Crippen molar-refractivity contribution in [3.63, 3.8) is 0 Å². The van der Waals surface area contributed by atoms with Crippen LogP contribution in [0.25, 0.3) is 0 Å². The van der Waals surface area contributed by atoms with Gasteiger partial charge in [0.25, 0.3) is 11.5 Å². The molecule has 1 aliphatic carbocycles. The van der Waals surface area contributed by atoms with Crippen molar-refractivity contribution in [3.8, 4) is 5.88 Å². The summed E-state index contributed by atoms with van der Waals surface area (Å²) in [7, 11) is 1.46. The van der Waals surface area contributed by atoms with Gasteiger partial charge in [0.2, 0.25) is 5.88 Å². The van der Waals surface area contributed by atoms with Crippen LogP contribution in [-0.2, 0) is 6.54 Å². The van der Waals surface area contributed by atoms with Crippen molar-refractivity contribution in [2.45, 2.75) is 25.3 Å². The molecule has 0 spiro atoms. The second-order valence-corrected chi connectivity index (χ2v) is 5.41. The quantitative estimate of drug-likeness (QED) is 0.858. The predicted molar refractivity (Wildman–Crippen MR) is 83.6 cm³/mol. The summed E-state index contributed by atoms with van der Waals surface area (Å²) in [5.74, 6) is 0.466. The number of rotatable bonds is 6. The van der Waals surface area contributed by atoms with Crippen LogP contribution in [0.5, 0.6) is 5.88 Å². The highest BCUT2D eigenvalue weighted by molar-refractivity contribution is 5.96. The molecule has 23 heavy (non-hydrogen) atoms. The molecule has 1 aliphatic rings. The molecule has 2 aromatic heterocycles. The highest BCUT2D eigenvalue weighted by atomic mass is 16.5. The molecule has 1 fully saturated rings. The van der Waals surface area contributed by atoms with E-state index in [9.17, 15) is 9.59 Å². The maximum Gasteiger partial charge on any atom is 0.266 e. The number of nitrogens with one attached hydrogen (secondary N) is 1. The average Bonchev–Trinajstić information content (AvgIpc) is 3.41. The van der Waals surface area contributed by atoms with Crippen LogP contribution in [0.3, 0.4) is 0 Å². The first kappa shape index (κ1) is 15.2. The molecule has 3 rings (SSSR count). The summed E-state index contributed by atoms with van der Waals surface area (Å²) in [4.78, 5) is 28.0. The first-order chi connectivity index (χ1) is 11.2. The third kappa shape index (κ3) is 3.56. The van der Waals surface area contributed by atoms with E-state index in [1.54, 1.807) is 24.4 Å². The Labute approximate surface area is 133 Å². The number of amides is 1. The number of carbonyl (C=O) groups excluding carboxylic acids is 1. The summed E-state index contributed by atoms with van der Waals surface area (Å²) in [5, 5.41) is 7.11. The largest absolute Gasteiger partial charge is 0.480 e. The van der Waals surface area contributed by atoms with Crippen LogP contribution in [-0.4, -0.2) is 34.3 Å². The third-order valence-corrected chi connectivity index (χ3v) is 3.70. The zero-order valence-electron chi connectivity index (χ0n) is 12.9. The van der Waals surface area contributed by atoms with Gasteiger partial charge in [0.15, 0.2) is 0 Å². The lowest BCUT2D eigenvalue weighted by molar-refractivity contribution is 0.0948. The standard InChI is InChI=1S/C16H18N4O3/c1-23-16-12(3-2-8-18-16)15(22)17-9-10-20-14(21)7-6-13(19-20)11-4-5-11/h2-3,6-8,11H,4-5,9-10H2,1H3,(H,17,22). The first-order valence-corrected chi connectivity index (χ1v) is 7.54. The molecule has 0 saturated heterocycles.